The first kappa shape index (κ1) is 17.0. The van der Waals surface area contributed by atoms with Crippen molar-refractivity contribution in [2.24, 2.45) is 0 Å². The second kappa shape index (κ2) is 7.81. The number of aromatic nitrogens is 1. The van der Waals surface area contributed by atoms with Crippen molar-refractivity contribution in [2.75, 3.05) is 14.2 Å². The third-order valence-corrected chi connectivity index (χ3v) is 4.59. The summed E-state index contributed by atoms with van der Waals surface area (Å²) in [4.78, 5) is 18.0. The fraction of sp³-hybridized carbons (Fsp3) is 0.158. The number of para-hydroxylation sites is 1. The fourth-order valence-electron chi connectivity index (χ4n) is 2.49. The Labute approximate surface area is 150 Å². The molecule has 1 N–H and O–H groups in total. The van der Waals surface area contributed by atoms with E-state index in [0.29, 0.717) is 23.6 Å². The van der Waals surface area contributed by atoms with Crippen LogP contribution in [0.5, 0.6) is 11.5 Å². The molecule has 0 unspecified atom stereocenters. The zero-order chi connectivity index (χ0) is 17.6. The topological polar surface area (TPSA) is 60.5 Å². The number of benzene rings is 1. The summed E-state index contributed by atoms with van der Waals surface area (Å²) in [6.07, 6.45) is 1.75. The molecule has 0 radical (unpaired) electrons. The first-order valence-electron chi connectivity index (χ1n) is 7.71. The highest BCUT2D eigenvalue weighted by atomic mass is 32.1. The molecule has 25 heavy (non-hydrogen) atoms. The van der Waals surface area contributed by atoms with Gasteiger partial charge in [-0.25, -0.2) is 0 Å². The van der Waals surface area contributed by atoms with Crippen LogP contribution < -0.4 is 14.8 Å². The standard InChI is InChI=1S/C19H18N2O3S/c1-23-16-6-3-5-14(18(16)24-2)19(22)21-12-13-8-9-20-15(11-13)17-7-4-10-25-17/h3-11H,12H2,1-2H3,(H,21,22). The maximum atomic E-state index is 12.5. The van der Waals surface area contributed by atoms with E-state index in [1.54, 1.807) is 42.8 Å². The quantitative estimate of drug-likeness (QED) is 0.732. The van der Waals surface area contributed by atoms with Gasteiger partial charge < -0.3 is 14.8 Å². The molecule has 0 bridgehead atoms. The Hall–Kier alpha value is -2.86. The molecule has 0 aliphatic rings. The molecule has 0 fully saturated rings. The lowest BCUT2D eigenvalue weighted by Gasteiger charge is -2.12. The van der Waals surface area contributed by atoms with Crippen LogP contribution in [0, 0.1) is 0 Å². The second-order valence-corrected chi connectivity index (χ2v) is 6.20. The number of rotatable bonds is 6. The van der Waals surface area contributed by atoms with Crippen LogP contribution in [0.25, 0.3) is 10.6 Å². The van der Waals surface area contributed by atoms with Crippen molar-refractivity contribution >= 4 is 17.2 Å². The van der Waals surface area contributed by atoms with Gasteiger partial charge in [0.1, 0.15) is 0 Å². The number of hydrogen-bond acceptors (Lipinski definition) is 5. The summed E-state index contributed by atoms with van der Waals surface area (Å²) >= 11 is 1.63. The summed E-state index contributed by atoms with van der Waals surface area (Å²) in [6.45, 7) is 0.403. The molecule has 0 aliphatic carbocycles. The lowest BCUT2D eigenvalue weighted by molar-refractivity contribution is 0.0947. The number of ether oxygens (including phenoxy) is 2. The van der Waals surface area contributed by atoms with E-state index in [1.807, 2.05) is 29.6 Å². The summed E-state index contributed by atoms with van der Waals surface area (Å²) in [5, 5.41) is 4.93. The van der Waals surface area contributed by atoms with Gasteiger partial charge in [0.25, 0.3) is 5.91 Å². The molecule has 0 saturated heterocycles. The highest BCUT2D eigenvalue weighted by molar-refractivity contribution is 7.13. The minimum atomic E-state index is -0.217. The molecule has 2 aromatic heterocycles. The molecule has 5 nitrogen and oxygen atoms in total. The molecule has 3 rings (SSSR count). The molecule has 0 aliphatic heterocycles. The van der Waals surface area contributed by atoms with Crippen molar-refractivity contribution in [1.82, 2.24) is 10.3 Å². The number of nitrogens with one attached hydrogen (secondary N) is 1. The number of nitrogens with zero attached hydrogens (tertiary/aromatic N) is 1. The van der Waals surface area contributed by atoms with Crippen LogP contribution >= 0.6 is 11.3 Å². The number of amides is 1. The lowest BCUT2D eigenvalue weighted by atomic mass is 10.1. The van der Waals surface area contributed by atoms with Crippen LogP contribution in [0.2, 0.25) is 0 Å². The van der Waals surface area contributed by atoms with E-state index in [1.165, 1.54) is 7.11 Å². The van der Waals surface area contributed by atoms with E-state index in [9.17, 15) is 4.79 Å². The van der Waals surface area contributed by atoms with Gasteiger partial charge in [0, 0.05) is 12.7 Å². The largest absolute Gasteiger partial charge is 0.493 e. The Morgan fingerprint density at radius 2 is 2.04 bits per heavy atom. The average molecular weight is 354 g/mol. The van der Waals surface area contributed by atoms with Crippen molar-refractivity contribution < 1.29 is 14.3 Å². The van der Waals surface area contributed by atoms with E-state index in [0.717, 1.165) is 16.1 Å². The summed E-state index contributed by atoms with van der Waals surface area (Å²) in [5.41, 5.74) is 2.32. The maximum Gasteiger partial charge on any atom is 0.255 e. The van der Waals surface area contributed by atoms with Gasteiger partial charge >= 0.3 is 0 Å². The van der Waals surface area contributed by atoms with Crippen molar-refractivity contribution in [3.63, 3.8) is 0 Å². The lowest BCUT2D eigenvalue weighted by Crippen LogP contribution is -2.23. The van der Waals surface area contributed by atoms with Gasteiger partial charge in [-0.15, -0.1) is 11.3 Å². The predicted octanol–water partition coefficient (Wildman–Crippen LogP) is 3.76. The number of thiophene rings is 1. The fourth-order valence-corrected chi connectivity index (χ4v) is 3.18. The van der Waals surface area contributed by atoms with Crippen LogP contribution in [-0.2, 0) is 6.54 Å². The van der Waals surface area contributed by atoms with Crippen LogP contribution in [0.15, 0.2) is 54.0 Å². The molecule has 2 heterocycles. The Kier molecular flexibility index (Phi) is 5.30. The summed E-state index contributed by atoms with van der Waals surface area (Å²) < 4.78 is 10.5. The van der Waals surface area contributed by atoms with Gasteiger partial charge in [-0.1, -0.05) is 12.1 Å². The number of carbonyl (C=O) groups excluding carboxylic acids is 1. The molecule has 6 heteroatoms. The van der Waals surface area contributed by atoms with E-state index in [2.05, 4.69) is 10.3 Å². The highest BCUT2D eigenvalue weighted by Crippen LogP contribution is 2.30. The molecular weight excluding hydrogens is 336 g/mol. The van der Waals surface area contributed by atoms with Crippen molar-refractivity contribution in [3.8, 4) is 22.1 Å². The molecule has 0 atom stereocenters. The number of hydrogen-bond donors (Lipinski definition) is 1. The third kappa shape index (κ3) is 3.80. The number of pyridine rings is 1. The second-order valence-electron chi connectivity index (χ2n) is 5.25. The van der Waals surface area contributed by atoms with Crippen LogP contribution in [-0.4, -0.2) is 25.1 Å². The average Bonchev–Trinajstić information content (AvgIpc) is 3.20. The van der Waals surface area contributed by atoms with Crippen LogP contribution in [0.3, 0.4) is 0 Å². The molecular formula is C19H18N2O3S. The normalized spacial score (nSPS) is 10.3. The van der Waals surface area contributed by atoms with Gasteiger partial charge in [-0.2, -0.15) is 0 Å². The maximum absolute atomic E-state index is 12.5. The molecule has 0 spiro atoms. The van der Waals surface area contributed by atoms with E-state index in [-0.39, 0.29) is 5.91 Å². The van der Waals surface area contributed by atoms with Gasteiger partial charge in [0.15, 0.2) is 11.5 Å². The summed E-state index contributed by atoms with van der Waals surface area (Å²) in [6, 6.07) is 13.1. The zero-order valence-electron chi connectivity index (χ0n) is 14.0. The summed E-state index contributed by atoms with van der Waals surface area (Å²) in [5.74, 6) is 0.737. The molecule has 0 saturated carbocycles. The van der Waals surface area contributed by atoms with Crippen molar-refractivity contribution in [3.05, 3.63) is 65.2 Å². The van der Waals surface area contributed by atoms with E-state index in [4.69, 9.17) is 9.47 Å². The molecule has 3 aromatic rings. The Morgan fingerprint density at radius 3 is 2.76 bits per heavy atom. The van der Waals surface area contributed by atoms with Crippen molar-refractivity contribution in [1.29, 1.82) is 0 Å². The first-order valence-corrected chi connectivity index (χ1v) is 8.59. The van der Waals surface area contributed by atoms with Crippen molar-refractivity contribution in [2.45, 2.75) is 6.54 Å². The molecule has 1 aromatic carbocycles. The van der Waals surface area contributed by atoms with Gasteiger partial charge in [0.05, 0.1) is 30.4 Å². The first-order chi connectivity index (χ1) is 12.2. The predicted molar refractivity (Wildman–Crippen MR) is 98.3 cm³/mol. The number of carbonyl (C=O) groups is 1. The van der Waals surface area contributed by atoms with E-state index >= 15 is 0 Å². The number of methoxy groups -OCH3 is 2. The van der Waals surface area contributed by atoms with Gasteiger partial charge in [-0.3, -0.25) is 9.78 Å². The highest BCUT2D eigenvalue weighted by Gasteiger charge is 2.16. The van der Waals surface area contributed by atoms with E-state index < -0.39 is 0 Å². The van der Waals surface area contributed by atoms with Gasteiger partial charge in [0.2, 0.25) is 0 Å². The minimum Gasteiger partial charge on any atom is -0.493 e. The molecule has 1 amide bonds. The molecule has 128 valence electrons. The smallest absolute Gasteiger partial charge is 0.255 e. The Bertz CT molecular complexity index is 863. The van der Waals surface area contributed by atoms with Crippen LogP contribution in [0.1, 0.15) is 15.9 Å². The SMILES string of the molecule is COc1cccc(C(=O)NCc2ccnc(-c3cccs3)c2)c1OC. The monoisotopic (exact) mass is 354 g/mol. The third-order valence-electron chi connectivity index (χ3n) is 3.70. The zero-order valence-corrected chi connectivity index (χ0v) is 14.8. The van der Waals surface area contributed by atoms with Crippen LogP contribution in [0.4, 0.5) is 0 Å². The van der Waals surface area contributed by atoms with Gasteiger partial charge in [-0.05, 0) is 41.3 Å². The Morgan fingerprint density at radius 1 is 1.16 bits per heavy atom. The summed E-state index contributed by atoms with van der Waals surface area (Å²) in [7, 11) is 3.06. The minimum absolute atomic E-state index is 0.217. The Balaban J connectivity index is 1.74.